The quantitative estimate of drug-likeness (QED) is 0.220. The van der Waals surface area contributed by atoms with Gasteiger partial charge in [0.1, 0.15) is 0 Å². The second-order valence-electron chi connectivity index (χ2n) is 8.09. The van der Waals surface area contributed by atoms with Gasteiger partial charge >= 0.3 is 0 Å². The fraction of sp³-hybridized carbons (Fsp3) is 0.333. The lowest BCUT2D eigenvalue weighted by molar-refractivity contribution is 0.244. The number of rotatable bonds is 11. The molecule has 3 aromatic rings. The van der Waals surface area contributed by atoms with Gasteiger partial charge in [-0.05, 0) is 60.4 Å². The molecular weight excluding hydrogens is 391 g/mol. The molecule has 0 spiro atoms. The Kier molecular flexibility index (Phi) is 10.5. The first-order valence-electron chi connectivity index (χ1n) is 10.6. The van der Waals surface area contributed by atoms with Crippen LogP contribution in [0.4, 0.5) is 0 Å². The van der Waals surface area contributed by atoms with Crippen molar-refractivity contribution in [3.05, 3.63) is 108 Å². The average molecular weight is 425 g/mol. The van der Waals surface area contributed by atoms with Gasteiger partial charge in [0.2, 0.25) is 0 Å². The lowest BCUT2D eigenvalue weighted by Crippen LogP contribution is -2.30. The minimum atomic E-state index is 0. The molecule has 29 heavy (non-hydrogen) atoms. The Labute approximate surface area is 185 Å². The van der Waals surface area contributed by atoms with Crippen molar-refractivity contribution in [1.29, 1.82) is 0 Å². The van der Waals surface area contributed by atoms with E-state index in [0.717, 1.165) is 19.3 Å². The number of hydrogen-bond acceptors (Lipinski definition) is 0. The van der Waals surface area contributed by atoms with Crippen LogP contribution in [0.15, 0.2) is 91.0 Å². The van der Waals surface area contributed by atoms with Gasteiger partial charge in [0.25, 0.3) is 0 Å². The van der Waals surface area contributed by atoms with Crippen LogP contribution in [-0.2, 0) is 19.3 Å². The fourth-order valence-electron chi connectivity index (χ4n) is 4.36. The van der Waals surface area contributed by atoms with Crippen LogP contribution in [0.25, 0.3) is 0 Å². The summed E-state index contributed by atoms with van der Waals surface area (Å²) in [5.41, 5.74) is 4.63. The monoisotopic (exact) mass is 424 g/mol. The SMILES string of the molecule is Cl.PCCCCCC(Cc1ccccc1)(Cc1ccccc1)Cc1ccccc1. The van der Waals surface area contributed by atoms with E-state index in [1.54, 1.807) is 0 Å². The maximum Gasteiger partial charge on any atom is -0.0176 e. The minimum Gasteiger partial charge on any atom is -0.147 e. The summed E-state index contributed by atoms with van der Waals surface area (Å²) in [6, 6.07) is 33.2. The highest BCUT2D eigenvalue weighted by Gasteiger charge is 2.30. The standard InChI is InChI=1S/C27H33P.ClH/c28-20-12-4-11-19-27(21-24-13-5-1-6-14-24,22-25-15-7-2-8-16-25)23-26-17-9-3-10-18-26;/h1-3,5-10,13-18H,4,11-12,19-23,28H2;1H. The maximum absolute atomic E-state index is 2.87. The summed E-state index contributed by atoms with van der Waals surface area (Å²) in [5, 5.41) is 0. The van der Waals surface area contributed by atoms with Gasteiger partial charge in [0.15, 0.2) is 0 Å². The van der Waals surface area contributed by atoms with E-state index in [4.69, 9.17) is 0 Å². The summed E-state index contributed by atoms with van der Waals surface area (Å²) in [7, 11) is 2.87. The van der Waals surface area contributed by atoms with Crippen LogP contribution in [0.5, 0.6) is 0 Å². The summed E-state index contributed by atoms with van der Waals surface area (Å²) in [4.78, 5) is 0. The topological polar surface area (TPSA) is 0 Å². The van der Waals surface area contributed by atoms with Gasteiger partial charge in [0, 0.05) is 0 Å². The van der Waals surface area contributed by atoms with Crippen molar-refractivity contribution < 1.29 is 0 Å². The van der Waals surface area contributed by atoms with Gasteiger partial charge in [-0.1, -0.05) is 104 Å². The summed E-state index contributed by atoms with van der Waals surface area (Å²) in [6.45, 7) is 0. The van der Waals surface area contributed by atoms with Gasteiger partial charge in [-0.25, -0.2) is 0 Å². The highest BCUT2D eigenvalue weighted by atomic mass is 35.5. The average Bonchev–Trinajstić information content (AvgIpc) is 2.73. The van der Waals surface area contributed by atoms with Crippen molar-refractivity contribution in [2.45, 2.75) is 44.9 Å². The Balaban J connectivity index is 0.00000300. The number of unbranched alkanes of at least 4 members (excludes halogenated alkanes) is 2. The molecule has 1 atom stereocenters. The van der Waals surface area contributed by atoms with Crippen LogP contribution in [0.3, 0.4) is 0 Å². The summed E-state index contributed by atoms with van der Waals surface area (Å²) in [5.74, 6) is 0. The molecule has 0 aromatic heterocycles. The van der Waals surface area contributed by atoms with Crippen molar-refractivity contribution in [1.82, 2.24) is 0 Å². The molecule has 0 heterocycles. The Bertz CT molecular complexity index is 685. The summed E-state index contributed by atoms with van der Waals surface area (Å²) in [6.07, 6.45) is 9.84. The first-order valence-corrected chi connectivity index (χ1v) is 11.4. The van der Waals surface area contributed by atoms with Gasteiger partial charge < -0.3 is 0 Å². The van der Waals surface area contributed by atoms with Crippen molar-refractivity contribution in [2.75, 3.05) is 6.16 Å². The number of halogens is 1. The summed E-state index contributed by atoms with van der Waals surface area (Å²) >= 11 is 0. The van der Waals surface area contributed by atoms with E-state index >= 15 is 0 Å². The number of hydrogen-bond donors (Lipinski definition) is 0. The molecule has 0 bridgehead atoms. The molecule has 0 amide bonds. The van der Waals surface area contributed by atoms with Crippen molar-refractivity contribution >= 4 is 21.6 Å². The number of benzene rings is 3. The minimum absolute atomic E-state index is 0. The Morgan fingerprint density at radius 3 is 1.24 bits per heavy atom. The largest absolute Gasteiger partial charge is 0.147 e. The van der Waals surface area contributed by atoms with Crippen LogP contribution in [-0.4, -0.2) is 6.16 Å². The van der Waals surface area contributed by atoms with Crippen LogP contribution in [0.2, 0.25) is 0 Å². The third-order valence-corrected chi connectivity index (χ3v) is 6.09. The zero-order valence-electron chi connectivity index (χ0n) is 17.3. The van der Waals surface area contributed by atoms with Crippen molar-refractivity contribution in [2.24, 2.45) is 5.41 Å². The van der Waals surface area contributed by atoms with Crippen LogP contribution < -0.4 is 0 Å². The molecule has 3 aromatic carbocycles. The molecule has 0 saturated carbocycles. The van der Waals surface area contributed by atoms with Crippen molar-refractivity contribution in [3.8, 4) is 0 Å². The van der Waals surface area contributed by atoms with Gasteiger partial charge in [-0.3, -0.25) is 0 Å². The third-order valence-electron chi connectivity index (χ3n) is 5.68. The zero-order chi connectivity index (χ0) is 19.5. The Morgan fingerprint density at radius 1 is 0.517 bits per heavy atom. The normalized spacial score (nSPS) is 11.1. The van der Waals surface area contributed by atoms with E-state index in [2.05, 4.69) is 100 Å². The third kappa shape index (κ3) is 7.96. The lowest BCUT2D eigenvalue weighted by atomic mass is 9.69. The lowest BCUT2D eigenvalue weighted by Gasteiger charge is -2.35. The smallest absolute Gasteiger partial charge is 0.0176 e. The molecule has 0 aliphatic rings. The Morgan fingerprint density at radius 2 is 0.897 bits per heavy atom. The second kappa shape index (κ2) is 12.8. The van der Waals surface area contributed by atoms with E-state index < -0.39 is 0 Å². The molecule has 0 N–H and O–H groups in total. The van der Waals surface area contributed by atoms with Crippen LogP contribution in [0.1, 0.15) is 42.4 Å². The molecule has 0 aliphatic carbocycles. The molecule has 0 nitrogen and oxygen atoms in total. The molecule has 0 saturated heterocycles. The van der Waals surface area contributed by atoms with E-state index in [9.17, 15) is 0 Å². The first kappa shape index (κ1) is 23.7. The maximum atomic E-state index is 2.87. The van der Waals surface area contributed by atoms with E-state index in [1.807, 2.05) is 0 Å². The second-order valence-corrected chi connectivity index (χ2v) is 8.66. The van der Waals surface area contributed by atoms with Gasteiger partial charge in [-0.15, -0.1) is 21.6 Å². The molecule has 0 radical (unpaired) electrons. The highest BCUT2D eigenvalue weighted by molar-refractivity contribution is 7.16. The first-order chi connectivity index (χ1) is 13.8. The van der Waals surface area contributed by atoms with Gasteiger partial charge in [-0.2, -0.15) is 0 Å². The van der Waals surface area contributed by atoms with Crippen molar-refractivity contribution in [3.63, 3.8) is 0 Å². The summed E-state index contributed by atoms with van der Waals surface area (Å²) < 4.78 is 0. The highest BCUT2D eigenvalue weighted by Crippen LogP contribution is 2.37. The van der Waals surface area contributed by atoms with E-state index in [1.165, 1.54) is 48.5 Å². The molecule has 2 heteroatoms. The Hall–Kier alpha value is -1.62. The fourth-order valence-corrected chi connectivity index (χ4v) is 4.65. The molecular formula is C27H34ClP. The molecule has 154 valence electrons. The van der Waals surface area contributed by atoms with Gasteiger partial charge in [0.05, 0.1) is 0 Å². The van der Waals surface area contributed by atoms with E-state index in [0.29, 0.717) is 0 Å². The predicted octanol–water partition coefficient (Wildman–Crippen LogP) is 7.56. The predicted molar refractivity (Wildman–Crippen MR) is 133 cm³/mol. The van der Waals surface area contributed by atoms with Crippen LogP contribution >= 0.6 is 21.6 Å². The molecule has 3 rings (SSSR count). The van der Waals surface area contributed by atoms with Crippen LogP contribution in [0, 0.1) is 5.41 Å². The zero-order valence-corrected chi connectivity index (χ0v) is 19.3. The molecule has 0 aliphatic heterocycles. The molecule has 1 unspecified atom stereocenters. The molecule has 0 fully saturated rings. The van der Waals surface area contributed by atoms with E-state index in [-0.39, 0.29) is 17.8 Å².